The van der Waals surface area contributed by atoms with E-state index in [1.807, 2.05) is 0 Å². The Labute approximate surface area is 94.9 Å². The Morgan fingerprint density at radius 3 is 2.56 bits per heavy atom. The quantitative estimate of drug-likeness (QED) is 0.530. The van der Waals surface area contributed by atoms with E-state index in [0.717, 1.165) is 12.8 Å². The highest BCUT2D eigenvalue weighted by Crippen LogP contribution is 2.18. The number of nitrogens with two attached hydrogens (primary N) is 1. The van der Waals surface area contributed by atoms with Crippen molar-refractivity contribution in [1.82, 2.24) is 10.6 Å². The van der Waals surface area contributed by atoms with E-state index in [1.54, 1.807) is 6.92 Å². The Hall–Kier alpha value is -1.14. The molecule has 0 aromatic rings. The molecular weight excluding hydrogens is 210 g/mol. The summed E-state index contributed by atoms with van der Waals surface area (Å²) < 4.78 is 4.75. The molecule has 92 valence electrons. The molecule has 4 N–H and O–H groups in total. The molecule has 0 bridgehead atoms. The number of rotatable bonds is 6. The SMILES string of the molecule is COCC(N)C(=O)NC(C)C(=O)NC1CC1. The van der Waals surface area contributed by atoms with Crippen LogP contribution in [0.4, 0.5) is 0 Å². The lowest BCUT2D eigenvalue weighted by atomic mass is 10.2. The fourth-order valence-corrected chi connectivity index (χ4v) is 1.20. The topological polar surface area (TPSA) is 93.4 Å². The predicted octanol–water partition coefficient (Wildman–Crippen LogP) is -1.26. The second kappa shape index (κ2) is 5.81. The molecule has 1 rings (SSSR count). The van der Waals surface area contributed by atoms with Crippen LogP contribution in [0.5, 0.6) is 0 Å². The third-order valence-corrected chi connectivity index (χ3v) is 2.36. The van der Waals surface area contributed by atoms with Crippen molar-refractivity contribution in [2.45, 2.75) is 37.9 Å². The lowest BCUT2D eigenvalue weighted by molar-refractivity contribution is -0.129. The van der Waals surface area contributed by atoms with Crippen LogP contribution in [0.15, 0.2) is 0 Å². The van der Waals surface area contributed by atoms with E-state index in [0.29, 0.717) is 6.04 Å². The second-order valence-electron chi connectivity index (χ2n) is 4.07. The van der Waals surface area contributed by atoms with Crippen LogP contribution >= 0.6 is 0 Å². The maximum absolute atomic E-state index is 11.5. The van der Waals surface area contributed by atoms with Crippen molar-refractivity contribution < 1.29 is 14.3 Å². The van der Waals surface area contributed by atoms with Crippen LogP contribution in [0.2, 0.25) is 0 Å². The summed E-state index contributed by atoms with van der Waals surface area (Å²) >= 11 is 0. The summed E-state index contributed by atoms with van der Waals surface area (Å²) in [6.07, 6.45) is 2.05. The first kappa shape index (κ1) is 12.9. The Kier molecular flexibility index (Phi) is 4.70. The smallest absolute Gasteiger partial charge is 0.242 e. The van der Waals surface area contributed by atoms with Gasteiger partial charge in [0.05, 0.1) is 6.61 Å². The normalized spacial score (nSPS) is 18.7. The summed E-state index contributed by atoms with van der Waals surface area (Å²) in [5.74, 6) is -0.541. The van der Waals surface area contributed by atoms with Gasteiger partial charge in [-0.25, -0.2) is 0 Å². The number of ether oxygens (including phenoxy) is 1. The van der Waals surface area contributed by atoms with Crippen LogP contribution in [-0.4, -0.2) is 43.7 Å². The van der Waals surface area contributed by atoms with E-state index in [9.17, 15) is 9.59 Å². The summed E-state index contributed by atoms with van der Waals surface area (Å²) in [6.45, 7) is 1.78. The molecule has 0 heterocycles. The van der Waals surface area contributed by atoms with Crippen molar-refractivity contribution in [2.75, 3.05) is 13.7 Å². The Morgan fingerprint density at radius 1 is 1.44 bits per heavy atom. The minimum atomic E-state index is -0.735. The van der Waals surface area contributed by atoms with Gasteiger partial charge in [-0.3, -0.25) is 9.59 Å². The number of amides is 2. The van der Waals surface area contributed by atoms with Gasteiger partial charge in [0, 0.05) is 13.2 Å². The van der Waals surface area contributed by atoms with Gasteiger partial charge in [0.15, 0.2) is 0 Å². The molecule has 0 spiro atoms. The van der Waals surface area contributed by atoms with Crippen molar-refractivity contribution in [3.05, 3.63) is 0 Å². The number of hydrogen-bond donors (Lipinski definition) is 3. The number of carbonyl (C=O) groups is 2. The van der Waals surface area contributed by atoms with Gasteiger partial charge in [-0.05, 0) is 19.8 Å². The highest BCUT2D eigenvalue weighted by molar-refractivity contribution is 5.89. The molecule has 2 unspecified atom stereocenters. The van der Waals surface area contributed by atoms with Gasteiger partial charge in [0.2, 0.25) is 11.8 Å². The van der Waals surface area contributed by atoms with Gasteiger partial charge in [-0.2, -0.15) is 0 Å². The number of carbonyl (C=O) groups excluding carboxylic acids is 2. The molecule has 6 nitrogen and oxygen atoms in total. The van der Waals surface area contributed by atoms with E-state index in [-0.39, 0.29) is 18.4 Å². The van der Waals surface area contributed by atoms with Gasteiger partial charge in [-0.1, -0.05) is 0 Å². The van der Waals surface area contributed by atoms with E-state index in [2.05, 4.69) is 10.6 Å². The molecule has 2 atom stereocenters. The van der Waals surface area contributed by atoms with Gasteiger partial charge in [0.25, 0.3) is 0 Å². The minimum Gasteiger partial charge on any atom is -0.383 e. The molecular formula is C10H19N3O3. The Morgan fingerprint density at radius 2 is 2.06 bits per heavy atom. The number of hydrogen-bond acceptors (Lipinski definition) is 4. The van der Waals surface area contributed by atoms with Crippen molar-refractivity contribution in [1.29, 1.82) is 0 Å². The molecule has 1 fully saturated rings. The summed E-state index contributed by atoms with van der Waals surface area (Å²) in [5, 5.41) is 5.35. The largest absolute Gasteiger partial charge is 0.383 e. The van der Waals surface area contributed by atoms with E-state index < -0.39 is 12.1 Å². The average molecular weight is 229 g/mol. The standard InChI is InChI=1S/C10H19N3O3/c1-6(9(14)13-7-3-4-7)12-10(15)8(11)5-16-2/h6-8H,3-5,11H2,1-2H3,(H,12,15)(H,13,14). The highest BCUT2D eigenvalue weighted by Gasteiger charge is 2.26. The first-order valence-electron chi connectivity index (χ1n) is 5.40. The Bertz CT molecular complexity index is 266. The summed E-state index contributed by atoms with van der Waals surface area (Å²) in [4.78, 5) is 23.0. The molecule has 0 aromatic heterocycles. The maximum atomic E-state index is 11.5. The molecule has 0 aromatic carbocycles. The van der Waals surface area contributed by atoms with Gasteiger partial charge in [-0.15, -0.1) is 0 Å². The third kappa shape index (κ3) is 4.16. The summed E-state index contributed by atoms with van der Waals surface area (Å²) in [6, 6.07) is -1.00. The Balaban J connectivity index is 2.28. The molecule has 0 saturated heterocycles. The van der Waals surface area contributed by atoms with Crippen LogP contribution in [-0.2, 0) is 14.3 Å². The van der Waals surface area contributed by atoms with Crippen molar-refractivity contribution >= 4 is 11.8 Å². The van der Waals surface area contributed by atoms with Crippen molar-refractivity contribution in [3.8, 4) is 0 Å². The molecule has 0 radical (unpaired) electrons. The van der Waals surface area contributed by atoms with Crippen LogP contribution < -0.4 is 16.4 Å². The van der Waals surface area contributed by atoms with Crippen LogP contribution in [0.25, 0.3) is 0 Å². The fraction of sp³-hybridized carbons (Fsp3) is 0.800. The summed E-state index contributed by atoms with van der Waals surface area (Å²) in [7, 11) is 1.47. The highest BCUT2D eigenvalue weighted by atomic mass is 16.5. The lowest BCUT2D eigenvalue weighted by Crippen LogP contribution is -2.51. The molecule has 0 aliphatic heterocycles. The maximum Gasteiger partial charge on any atom is 0.242 e. The molecule has 16 heavy (non-hydrogen) atoms. The van der Waals surface area contributed by atoms with E-state index in [4.69, 9.17) is 10.5 Å². The van der Waals surface area contributed by atoms with Crippen molar-refractivity contribution in [2.24, 2.45) is 5.73 Å². The fourth-order valence-electron chi connectivity index (χ4n) is 1.20. The van der Waals surface area contributed by atoms with E-state index >= 15 is 0 Å². The third-order valence-electron chi connectivity index (χ3n) is 2.36. The van der Waals surface area contributed by atoms with Crippen LogP contribution in [0.3, 0.4) is 0 Å². The zero-order valence-corrected chi connectivity index (χ0v) is 9.66. The molecule has 1 aliphatic rings. The molecule has 2 amide bonds. The molecule has 1 saturated carbocycles. The van der Waals surface area contributed by atoms with Crippen molar-refractivity contribution in [3.63, 3.8) is 0 Å². The first-order chi connectivity index (χ1) is 7.54. The van der Waals surface area contributed by atoms with Gasteiger partial charge >= 0.3 is 0 Å². The zero-order valence-electron chi connectivity index (χ0n) is 9.66. The zero-order chi connectivity index (χ0) is 12.1. The average Bonchev–Trinajstić information content (AvgIpc) is 3.01. The predicted molar refractivity (Wildman–Crippen MR) is 58.6 cm³/mol. The lowest BCUT2D eigenvalue weighted by Gasteiger charge is -2.16. The summed E-state index contributed by atoms with van der Waals surface area (Å²) in [5.41, 5.74) is 5.52. The minimum absolute atomic E-state index is 0.142. The molecule has 6 heteroatoms. The van der Waals surface area contributed by atoms with Crippen LogP contribution in [0, 0.1) is 0 Å². The number of methoxy groups -OCH3 is 1. The van der Waals surface area contributed by atoms with Crippen LogP contribution in [0.1, 0.15) is 19.8 Å². The monoisotopic (exact) mass is 229 g/mol. The number of nitrogens with one attached hydrogen (secondary N) is 2. The van der Waals surface area contributed by atoms with Gasteiger partial charge < -0.3 is 21.1 Å². The second-order valence-corrected chi connectivity index (χ2v) is 4.07. The molecule has 1 aliphatic carbocycles. The van der Waals surface area contributed by atoms with E-state index in [1.165, 1.54) is 7.11 Å². The van der Waals surface area contributed by atoms with Gasteiger partial charge in [0.1, 0.15) is 12.1 Å². The first-order valence-corrected chi connectivity index (χ1v) is 5.40.